The second kappa shape index (κ2) is 12.3. The van der Waals surface area contributed by atoms with Crippen LogP contribution in [0.4, 0.5) is 0 Å². The van der Waals surface area contributed by atoms with Crippen LogP contribution in [0.25, 0.3) is 0 Å². The van der Waals surface area contributed by atoms with E-state index in [9.17, 15) is 20.4 Å². The first-order valence-corrected chi connectivity index (χ1v) is 10.2. The largest absolute Gasteiger partial charge is 0.393 e. The normalized spacial score (nSPS) is 17.5. The average Bonchev–Trinajstić information content (AvgIpc) is 2.45. The van der Waals surface area contributed by atoms with Crippen molar-refractivity contribution in [2.75, 3.05) is 0 Å². The van der Waals surface area contributed by atoms with Crippen LogP contribution < -0.4 is 0 Å². The predicted molar refractivity (Wildman–Crippen MR) is 111 cm³/mol. The summed E-state index contributed by atoms with van der Waals surface area (Å²) in [4.78, 5) is 0. The highest BCUT2D eigenvalue weighted by atomic mass is 16.3. The molecule has 0 aromatic heterocycles. The standard InChI is InChI=1S/2C11H24O2/c1-10(2,3)8(12)7-9(13)11(4,5)6;1-8(2)10(12)6-5-7-11(13)9(3)4/h8-9,12-13H,7H2,1-6H3;8-13H,5-7H2,1-4H3. The van der Waals surface area contributed by atoms with Crippen molar-refractivity contribution in [1.82, 2.24) is 0 Å². The maximum absolute atomic E-state index is 9.76. The van der Waals surface area contributed by atoms with Gasteiger partial charge in [-0.05, 0) is 41.9 Å². The van der Waals surface area contributed by atoms with Crippen LogP contribution in [0, 0.1) is 22.7 Å². The van der Waals surface area contributed by atoms with E-state index >= 15 is 0 Å². The van der Waals surface area contributed by atoms with Crippen LogP contribution in [0.15, 0.2) is 0 Å². The Morgan fingerprint density at radius 3 is 1.04 bits per heavy atom. The van der Waals surface area contributed by atoms with Crippen LogP contribution >= 0.6 is 0 Å². The first kappa shape index (κ1) is 28.1. The first-order valence-electron chi connectivity index (χ1n) is 10.2. The Labute approximate surface area is 163 Å². The van der Waals surface area contributed by atoms with E-state index in [4.69, 9.17) is 0 Å². The van der Waals surface area contributed by atoms with Crippen molar-refractivity contribution in [3.63, 3.8) is 0 Å². The van der Waals surface area contributed by atoms with Gasteiger partial charge in [0.25, 0.3) is 0 Å². The molecule has 0 saturated carbocycles. The van der Waals surface area contributed by atoms with E-state index in [1.807, 2.05) is 69.2 Å². The van der Waals surface area contributed by atoms with Gasteiger partial charge in [0.05, 0.1) is 24.4 Å². The molecule has 26 heavy (non-hydrogen) atoms. The highest BCUT2D eigenvalue weighted by Crippen LogP contribution is 2.28. The van der Waals surface area contributed by atoms with Gasteiger partial charge in [-0.25, -0.2) is 0 Å². The molecular formula is C22H48O4. The molecule has 4 N–H and O–H groups in total. The quantitative estimate of drug-likeness (QED) is 0.507. The molecule has 0 aromatic carbocycles. The van der Waals surface area contributed by atoms with Crippen molar-refractivity contribution in [1.29, 1.82) is 0 Å². The molecule has 0 rings (SSSR count). The topological polar surface area (TPSA) is 80.9 Å². The van der Waals surface area contributed by atoms with Gasteiger partial charge < -0.3 is 20.4 Å². The molecule has 0 bridgehead atoms. The number of aliphatic hydroxyl groups is 4. The van der Waals surface area contributed by atoms with E-state index in [1.54, 1.807) is 0 Å². The zero-order valence-electron chi connectivity index (χ0n) is 19.1. The molecule has 0 heterocycles. The molecule has 4 nitrogen and oxygen atoms in total. The summed E-state index contributed by atoms with van der Waals surface area (Å²) in [6.07, 6.45) is 1.68. The van der Waals surface area contributed by atoms with Gasteiger partial charge in [-0.2, -0.15) is 0 Å². The summed E-state index contributed by atoms with van der Waals surface area (Å²) in [5.74, 6) is 0.660. The van der Waals surface area contributed by atoms with Crippen LogP contribution in [0.2, 0.25) is 0 Å². The third-order valence-electron chi connectivity index (χ3n) is 4.98. The number of hydrogen-bond donors (Lipinski definition) is 4. The maximum Gasteiger partial charge on any atom is 0.0613 e. The predicted octanol–water partition coefficient (Wildman–Crippen LogP) is 4.38. The summed E-state index contributed by atoms with van der Waals surface area (Å²) >= 11 is 0. The molecule has 4 unspecified atom stereocenters. The van der Waals surface area contributed by atoms with Gasteiger partial charge in [-0.1, -0.05) is 69.2 Å². The van der Waals surface area contributed by atoms with Gasteiger partial charge in [-0.3, -0.25) is 0 Å². The highest BCUT2D eigenvalue weighted by molar-refractivity contribution is 4.81. The molecule has 0 aliphatic rings. The van der Waals surface area contributed by atoms with E-state index in [2.05, 4.69) is 0 Å². The monoisotopic (exact) mass is 376 g/mol. The molecule has 4 heteroatoms. The molecule has 0 aliphatic carbocycles. The summed E-state index contributed by atoms with van der Waals surface area (Å²) in [7, 11) is 0. The fraction of sp³-hybridized carbons (Fsp3) is 1.00. The van der Waals surface area contributed by atoms with E-state index in [0.717, 1.165) is 19.3 Å². The summed E-state index contributed by atoms with van der Waals surface area (Å²) in [6.45, 7) is 19.9. The van der Waals surface area contributed by atoms with Crippen molar-refractivity contribution >= 4 is 0 Å². The van der Waals surface area contributed by atoms with Gasteiger partial charge in [0, 0.05) is 6.42 Å². The first-order chi connectivity index (χ1) is 11.5. The Morgan fingerprint density at radius 1 is 0.577 bits per heavy atom. The molecular weight excluding hydrogens is 328 g/mol. The van der Waals surface area contributed by atoms with Gasteiger partial charge in [0.2, 0.25) is 0 Å². The van der Waals surface area contributed by atoms with Crippen molar-refractivity contribution < 1.29 is 20.4 Å². The summed E-state index contributed by atoms with van der Waals surface area (Å²) in [6, 6.07) is 0. The smallest absolute Gasteiger partial charge is 0.0613 e. The minimum Gasteiger partial charge on any atom is -0.393 e. The zero-order chi connectivity index (χ0) is 21.3. The fourth-order valence-electron chi connectivity index (χ4n) is 2.12. The molecule has 0 saturated heterocycles. The Balaban J connectivity index is 0. The van der Waals surface area contributed by atoms with Crippen molar-refractivity contribution in [2.45, 2.75) is 119 Å². The molecule has 4 atom stereocenters. The Bertz CT molecular complexity index is 307. The summed E-state index contributed by atoms with van der Waals surface area (Å²) in [5.41, 5.74) is -0.293. The maximum atomic E-state index is 9.76. The molecule has 0 aromatic rings. The lowest BCUT2D eigenvalue weighted by atomic mass is 9.79. The fourth-order valence-corrected chi connectivity index (χ4v) is 2.12. The SMILES string of the molecule is CC(C)(C)C(O)CC(O)C(C)(C)C.CC(C)C(O)CCCC(O)C(C)C. The van der Waals surface area contributed by atoms with Crippen LogP contribution in [-0.4, -0.2) is 44.8 Å². The zero-order valence-corrected chi connectivity index (χ0v) is 19.1. The lowest BCUT2D eigenvalue weighted by Gasteiger charge is -2.32. The van der Waals surface area contributed by atoms with Crippen LogP contribution in [-0.2, 0) is 0 Å². The molecule has 0 radical (unpaired) electrons. The van der Waals surface area contributed by atoms with Gasteiger partial charge in [0.1, 0.15) is 0 Å². The Hall–Kier alpha value is -0.160. The van der Waals surface area contributed by atoms with Crippen molar-refractivity contribution in [3.05, 3.63) is 0 Å². The van der Waals surface area contributed by atoms with E-state index in [0.29, 0.717) is 18.3 Å². The molecule has 0 spiro atoms. The molecule has 160 valence electrons. The van der Waals surface area contributed by atoms with E-state index < -0.39 is 12.2 Å². The Kier molecular flexibility index (Phi) is 13.3. The number of rotatable bonds is 8. The number of aliphatic hydroxyl groups excluding tert-OH is 4. The summed E-state index contributed by atoms with van der Waals surface area (Å²) in [5, 5.41) is 38.5. The van der Waals surface area contributed by atoms with Crippen molar-refractivity contribution in [2.24, 2.45) is 22.7 Å². The van der Waals surface area contributed by atoms with Gasteiger partial charge >= 0.3 is 0 Å². The third kappa shape index (κ3) is 14.0. The van der Waals surface area contributed by atoms with Gasteiger partial charge in [0.15, 0.2) is 0 Å². The van der Waals surface area contributed by atoms with Crippen LogP contribution in [0.3, 0.4) is 0 Å². The average molecular weight is 377 g/mol. The summed E-state index contributed by atoms with van der Waals surface area (Å²) < 4.78 is 0. The molecule has 0 fully saturated rings. The van der Waals surface area contributed by atoms with E-state index in [1.165, 1.54) is 0 Å². The van der Waals surface area contributed by atoms with Crippen LogP contribution in [0.1, 0.15) is 94.9 Å². The molecule has 0 amide bonds. The minimum absolute atomic E-state index is 0.147. The highest BCUT2D eigenvalue weighted by Gasteiger charge is 2.30. The lowest BCUT2D eigenvalue weighted by Crippen LogP contribution is -2.35. The van der Waals surface area contributed by atoms with Crippen LogP contribution in [0.5, 0.6) is 0 Å². The second-order valence-corrected chi connectivity index (χ2v) is 10.6. The van der Waals surface area contributed by atoms with Gasteiger partial charge in [-0.15, -0.1) is 0 Å². The van der Waals surface area contributed by atoms with E-state index in [-0.39, 0.29) is 23.0 Å². The third-order valence-corrected chi connectivity index (χ3v) is 4.98. The second-order valence-electron chi connectivity index (χ2n) is 10.6. The minimum atomic E-state index is -0.443. The lowest BCUT2D eigenvalue weighted by molar-refractivity contribution is -0.0239. The van der Waals surface area contributed by atoms with Crippen molar-refractivity contribution in [3.8, 4) is 0 Å². The number of hydrogen-bond acceptors (Lipinski definition) is 4. The molecule has 0 aliphatic heterocycles. The Morgan fingerprint density at radius 2 is 0.846 bits per heavy atom.